The smallest absolute Gasteiger partial charge is 0.335 e. The zero-order chi connectivity index (χ0) is 24.3. The molecule has 0 spiro atoms. The summed E-state index contributed by atoms with van der Waals surface area (Å²) in [6, 6.07) is 23.8. The molecule has 0 unspecified atom stereocenters. The fourth-order valence-electron chi connectivity index (χ4n) is 3.61. The number of carbonyl (C=O) groups excluding carboxylic acids is 1. The lowest BCUT2D eigenvalue weighted by atomic mass is 9.99. The Hall–Kier alpha value is -4.01. The third-order valence-electron chi connectivity index (χ3n) is 5.45. The SMILES string of the molecule is O=C(O)c1ccc(Cc2ccc3ccc(C(=O)NCc4ccc(S(=O)(=O)O)cc4)cc3c2)cc1. The van der Waals surface area contributed by atoms with E-state index in [1.807, 2.05) is 30.3 Å². The summed E-state index contributed by atoms with van der Waals surface area (Å²) in [5, 5.41) is 13.7. The lowest BCUT2D eigenvalue weighted by Gasteiger charge is -2.09. The van der Waals surface area contributed by atoms with Crippen molar-refractivity contribution in [2.75, 3.05) is 0 Å². The predicted octanol–water partition coefficient (Wildman–Crippen LogP) is 4.31. The molecule has 0 aromatic heterocycles. The number of carboxylic acids is 1. The van der Waals surface area contributed by atoms with Crippen molar-refractivity contribution in [3.63, 3.8) is 0 Å². The molecule has 1 amide bonds. The molecule has 0 aliphatic rings. The fraction of sp³-hybridized carbons (Fsp3) is 0.0769. The highest BCUT2D eigenvalue weighted by Gasteiger charge is 2.10. The van der Waals surface area contributed by atoms with Crippen LogP contribution in [0.25, 0.3) is 10.8 Å². The number of aromatic carboxylic acids is 1. The van der Waals surface area contributed by atoms with Gasteiger partial charge in [0.15, 0.2) is 0 Å². The fourth-order valence-corrected chi connectivity index (χ4v) is 4.09. The topological polar surface area (TPSA) is 121 Å². The van der Waals surface area contributed by atoms with E-state index in [0.717, 1.165) is 21.9 Å². The van der Waals surface area contributed by atoms with Crippen molar-refractivity contribution in [3.8, 4) is 0 Å². The van der Waals surface area contributed by atoms with Gasteiger partial charge >= 0.3 is 5.97 Å². The summed E-state index contributed by atoms with van der Waals surface area (Å²) in [5.41, 5.74) is 3.44. The molecule has 0 aliphatic heterocycles. The van der Waals surface area contributed by atoms with Crippen LogP contribution in [-0.4, -0.2) is 30.0 Å². The van der Waals surface area contributed by atoms with Crippen molar-refractivity contribution >= 4 is 32.8 Å². The highest BCUT2D eigenvalue weighted by atomic mass is 32.2. The summed E-state index contributed by atoms with van der Waals surface area (Å²) < 4.78 is 31.3. The van der Waals surface area contributed by atoms with Crippen LogP contribution >= 0.6 is 0 Å². The summed E-state index contributed by atoms with van der Waals surface area (Å²) in [6.07, 6.45) is 0.631. The van der Waals surface area contributed by atoms with Gasteiger partial charge in [0.05, 0.1) is 10.5 Å². The number of benzene rings is 4. The third-order valence-corrected chi connectivity index (χ3v) is 6.32. The van der Waals surface area contributed by atoms with Gasteiger partial charge in [-0.05, 0) is 70.3 Å². The van der Waals surface area contributed by atoms with Crippen LogP contribution in [0, 0.1) is 0 Å². The van der Waals surface area contributed by atoms with Gasteiger partial charge < -0.3 is 10.4 Å². The average Bonchev–Trinajstić information content (AvgIpc) is 2.82. The Morgan fingerprint density at radius 1 is 0.706 bits per heavy atom. The molecule has 0 radical (unpaired) electrons. The van der Waals surface area contributed by atoms with Crippen LogP contribution < -0.4 is 5.32 Å². The van der Waals surface area contributed by atoms with E-state index in [1.54, 1.807) is 30.3 Å². The molecule has 172 valence electrons. The number of hydrogen-bond acceptors (Lipinski definition) is 4. The van der Waals surface area contributed by atoms with E-state index in [4.69, 9.17) is 9.66 Å². The highest BCUT2D eigenvalue weighted by Crippen LogP contribution is 2.21. The van der Waals surface area contributed by atoms with Crippen LogP contribution in [0.15, 0.2) is 89.8 Å². The van der Waals surface area contributed by atoms with Gasteiger partial charge in [-0.15, -0.1) is 0 Å². The number of carbonyl (C=O) groups is 2. The molecule has 0 saturated carbocycles. The van der Waals surface area contributed by atoms with Gasteiger partial charge in [0.2, 0.25) is 0 Å². The first kappa shape index (κ1) is 23.2. The zero-order valence-corrected chi connectivity index (χ0v) is 18.7. The molecule has 0 bridgehead atoms. The average molecular weight is 476 g/mol. The van der Waals surface area contributed by atoms with Gasteiger partial charge in [-0.3, -0.25) is 9.35 Å². The molecule has 8 heteroatoms. The van der Waals surface area contributed by atoms with Crippen LogP contribution in [0.3, 0.4) is 0 Å². The third kappa shape index (κ3) is 5.48. The van der Waals surface area contributed by atoms with Crippen molar-refractivity contribution in [1.82, 2.24) is 5.32 Å². The van der Waals surface area contributed by atoms with Crippen molar-refractivity contribution < 1.29 is 27.7 Å². The minimum atomic E-state index is -4.25. The summed E-state index contributed by atoms with van der Waals surface area (Å²) in [5.74, 6) is -1.23. The quantitative estimate of drug-likeness (QED) is 0.343. The van der Waals surface area contributed by atoms with Crippen molar-refractivity contribution in [2.45, 2.75) is 17.9 Å². The zero-order valence-electron chi connectivity index (χ0n) is 17.9. The standard InChI is InChI=1S/C26H21NO6S/c28-25(27-16-18-4-11-24(12-5-18)34(31,32)33)22-10-9-20-6-3-19(14-23(20)15-22)13-17-1-7-21(8-2-17)26(29)30/h1-12,14-15H,13,16H2,(H,27,28)(H,29,30)(H,31,32,33). The van der Waals surface area contributed by atoms with Crippen LogP contribution in [-0.2, 0) is 23.1 Å². The molecule has 34 heavy (non-hydrogen) atoms. The molecule has 0 aliphatic carbocycles. The molecule has 0 fully saturated rings. The number of nitrogens with one attached hydrogen (secondary N) is 1. The second-order valence-electron chi connectivity index (χ2n) is 7.88. The number of hydrogen-bond donors (Lipinski definition) is 3. The highest BCUT2D eigenvalue weighted by molar-refractivity contribution is 7.85. The van der Waals surface area contributed by atoms with Crippen LogP contribution in [0.5, 0.6) is 0 Å². The van der Waals surface area contributed by atoms with E-state index in [-0.39, 0.29) is 22.9 Å². The molecular weight excluding hydrogens is 454 g/mol. The summed E-state index contributed by atoms with van der Waals surface area (Å²) in [4.78, 5) is 23.5. The number of carboxylic acid groups (broad SMARTS) is 1. The van der Waals surface area contributed by atoms with E-state index in [9.17, 15) is 18.0 Å². The molecule has 3 N–H and O–H groups in total. The van der Waals surface area contributed by atoms with Crippen LogP contribution in [0.2, 0.25) is 0 Å². The monoisotopic (exact) mass is 475 g/mol. The normalized spacial score (nSPS) is 11.3. The summed E-state index contributed by atoms with van der Waals surface area (Å²) in [6.45, 7) is 0.203. The van der Waals surface area contributed by atoms with Crippen molar-refractivity contribution in [2.24, 2.45) is 0 Å². The van der Waals surface area contributed by atoms with Gasteiger partial charge in [-0.1, -0.05) is 48.5 Å². The first-order valence-electron chi connectivity index (χ1n) is 10.4. The van der Waals surface area contributed by atoms with E-state index in [1.165, 1.54) is 24.3 Å². The Morgan fingerprint density at radius 2 is 1.29 bits per heavy atom. The van der Waals surface area contributed by atoms with Gasteiger partial charge in [-0.2, -0.15) is 8.42 Å². The lowest BCUT2D eigenvalue weighted by molar-refractivity contribution is 0.0696. The Bertz CT molecular complexity index is 1480. The Morgan fingerprint density at radius 3 is 1.94 bits per heavy atom. The second kappa shape index (κ2) is 9.46. The van der Waals surface area contributed by atoms with Gasteiger partial charge in [0.25, 0.3) is 16.0 Å². The second-order valence-corrected chi connectivity index (χ2v) is 9.30. The maximum Gasteiger partial charge on any atom is 0.335 e. The number of rotatable bonds is 7. The summed E-state index contributed by atoms with van der Waals surface area (Å²) >= 11 is 0. The van der Waals surface area contributed by atoms with Crippen molar-refractivity contribution in [1.29, 1.82) is 0 Å². The molecule has 7 nitrogen and oxygen atoms in total. The number of fused-ring (bicyclic) bond motifs is 1. The van der Waals surface area contributed by atoms with E-state index >= 15 is 0 Å². The van der Waals surface area contributed by atoms with Crippen LogP contribution in [0.1, 0.15) is 37.4 Å². The van der Waals surface area contributed by atoms with Gasteiger partial charge in [-0.25, -0.2) is 4.79 Å². The Kier molecular flexibility index (Phi) is 6.45. The molecule has 0 saturated heterocycles. The molecule has 0 heterocycles. The largest absolute Gasteiger partial charge is 0.478 e. The van der Waals surface area contributed by atoms with E-state index in [0.29, 0.717) is 17.5 Å². The van der Waals surface area contributed by atoms with E-state index in [2.05, 4.69) is 5.32 Å². The Balaban J connectivity index is 1.46. The van der Waals surface area contributed by atoms with Crippen LogP contribution in [0.4, 0.5) is 0 Å². The first-order chi connectivity index (χ1) is 16.2. The maximum atomic E-state index is 12.7. The first-order valence-corrected chi connectivity index (χ1v) is 11.8. The lowest BCUT2D eigenvalue weighted by Crippen LogP contribution is -2.22. The minimum Gasteiger partial charge on any atom is -0.478 e. The minimum absolute atomic E-state index is 0.203. The molecule has 4 aromatic rings. The number of amides is 1. The molecule has 4 rings (SSSR count). The van der Waals surface area contributed by atoms with E-state index < -0.39 is 16.1 Å². The van der Waals surface area contributed by atoms with Gasteiger partial charge in [0, 0.05) is 12.1 Å². The summed E-state index contributed by atoms with van der Waals surface area (Å²) in [7, 11) is -4.25. The molecule has 0 atom stereocenters. The molecular formula is C26H21NO6S. The molecule has 4 aromatic carbocycles. The van der Waals surface area contributed by atoms with Crippen molar-refractivity contribution in [3.05, 3.63) is 113 Å². The predicted molar refractivity (Wildman–Crippen MR) is 128 cm³/mol. The van der Waals surface area contributed by atoms with Gasteiger partial charge in [0.1, 0.15) is 0 Å². The maximum absolute atomic E-state index is 12.7. The Labute approximate surface area is 196 Å².